The van der Waals surface area contributed by atoms with E-state index in [0.717, 1.165) is 17.6 Å². The van der Waals surface area contributed by atoms with Gasteiger partial charge in [0.15, 0.2) is 11.4 Å². The van der Waals surface area contributed by atoms with E-state index in [-0.39, 0.29) is 5.56 Å². The number of hydrogen-bond acceptors (Lipinski definition) is 3. The molecular weight excluding hydrogens is 359 g/mol. The molecule has 4 rings (SSSR count). The number of ether oxygens (including phenoxy) is 1. The molecule has 0 saturated carbocycles. The van der Waals surface area contributed by atoms with Crippen LogP contribution in [0.5, 0.6) is 5.75 Å². The highest BCUT2D eigenvalue weighted by Gasteiger charge is 2.24. The number of halogens is 2. The van der Waals surface area contributed by atoms with Gasteiger partial charge in [0, 0.05) is 27.4 Å². The second-order valence-corrected chi connectivity index (χ2v) is 6.63. The second-order valence-electron chi connectivity index (χ2n) is 5.82. The SMILES string of the molecule is COc1cccn2c(=O)c3c(nc12)C(=Cc1c(Cl)cccc1Cl)CC3. The maximum absolute atomic E-state index is 12.8. The molecule has 126 valence electrons. The Morgan fingerprint density at radius 2 is 1.92 bits per heavy atom. The van der Waals surface area contributed by atoms with Crippen LogP contribution in [-0.2, 0) is 6.42 Å². The first-order chi connectivity index (χ1) is 12.1. The molecule has 0 N–H and O–H groups in total. The second kappa shape index (κ2) is 6.21. The minimum absolute atomic E-state index is 0.0624. The van der Waals surface area contributed by atoms with Gasteiger partial charge in [-0.1, -0.05) is 29.3 Å². The summed E-state index contributed by atoms with van der Waals surface area (Å²) >= 11 is 12.5. The zero-order chi connectivity index (χ0) is 17.6. The number of aromatic nitrogens is 2. The van der Waals surface area contributed by atoms with Gasteiger partial charge in [0.05, 0.1) is 12.8 Å². The Hall–Kier alpha value is -2.30. The van der Waals surface area contributed by atoms with Crippen LogP contribution in [0, 0.1) is 0 Å². The van der Waals surface area contributed by atoms with Crippen molar-refractivity contribution >= 4 is 40.5 Å². The first-order valence-electron chi connectivity index (χ1n) is 7.83. The molecular formula is C19H14Cl2N2O2. The molecule has 6 heteroatoms. The van der Waals surface area contributed by atoms with Crippen molar-refractivity contribution in [3.8, 4) is 5.75 Å². The van der Waals surface area contributed by atoms with Gasteiger partial charge in [-0.2, -0.15) is 0 Å². The molecule has 1 aromatic carbocycles. The predicted molar refractivity (Wildman–Crippen MR) is 101 cm³/mol. The summed E-state index contributed by atoms with van der Waals surface area (Å²) in [4.78, 5) is 17.5. The van der Waals surface area contributed by atoms with E-state index in [0.29, 0.717) is 39.1 Å². The Labute approximate surface area is 154 Å². The third-order valence-electron chi connectivity index (χ3n) is 4.40. The van der Waals surface area contributed by atoms with Crippen molar-refractivity contribution in [2.45, 2.75) is 12.8 Å². The zero-order valence-corrected chi connectivity index (χ0v) is 14.9. The van der Waals surface area contributed by atoms with E-state index in [4.69, 9.17) is 32.9 Å². The van der Waals surface area contributed by atoms with Gasteiger partial charge in [-0.05, 0) is 48.8 Å². The molecule has 0 fully saturated rings. The highest BCUT2D eigenvalue weighted by atomic mass is 35.5. The van der Waals surface area contributed by atoms with E-state index < -0.39 is 0 Å². The zero-order valence-electron chi connectivity index (χ0n) is 13.4. The van der Waals surface area contributed by atoms with Crippen LogP contribution in [0.4, 0.5) is 0 Å². The molecule has 4 nitrogen and oxygen atoms in total. The normalized spacial score (nSPS) is 14.9. The van der Waals surface area contributed by atoms with Crippen molar-refractivity contribution in [2.75, 3.05) is 7.11 Å². The van der Waals surface area contributed by atoms with Gasteiger partial charge in [-0.25, -0.2) is 4.98 Å². The van der Waals surface area contributed by atoms with Crippen LogP contribution in [0.3, 0.4) is 0 Å². The molecule has 1 aliphatic rings. The van der Waals surface area contributed by atoms with Crippen molar-refractivity contribution < 1.29 is 4.74 Å². The predicted octanol–water partition coefficient (Wildman–Crippen LogP) is 4.50. The lowest BCUT2D eigenvalue weighted by atomic mass is 10.1. The quantitative estimate of drug-likeness (QED) is 0.665. The smallest absolute Gasteiger partial charge is 0.261 e. The summed E-state index contributed by atoms with van der Waals surface area (Å²) < 4.78 is 6.88. The third kappa shape index (κ3) is 2.62. The molecule has 0 unspecified atom stereocenters. The molecule has 1 aliphatic carbocycles. The van der Waals surface area contributed by atoms with E-state index in [1.165, 1.54) is 4.40 Å². The fourth-order valence-electron chi connectivity index (χ4n) is 3.16. The van der Waals surface area contributed by atoms with Gasteiger partial charge in [-0.3, -0.25) is 9.20 Å². The first kappa shape index (κ1) is 16.2. The summed E-state index contributed by atoms with van der Waals surface area (Å²) in [5.74, 6) is 0.560. The lowest BCUT2D eigenvalue weighted by molar-refractivity contribution is 0.416. The fourth-order valence-corrected chi connectivity index (χ4v) is 3.67. The molecule has 0 amide bonds. The van der Waals surface area contributed by atoms with Crippen LogP contribution in [-0.4, -0.2) is 16.5 Å². The van der Waals surface area contributed by atoms with Gasteiger partial charge in [0.1, 0.15) is 0 Å². The Bertz CT molecular complexity index is 1070. The summed E-state index contributed by atoms with van der Waals surface area (Å²) in [6.45, 7) is 0. The number of methoxy groups -OCH3 is 1. The number of pyridine rings is 1. The summed E-state index contributed by atoms with van der Waals surface area (Å²) in [5, 5.41) is 1.15. The lowest BCUT2D eigenvalue weighted by Gasteiger charge is -2.09. The average molecular weight is 373 g/mol. The molecule has 0 saturated heterocycles. The van der Waals surface area contributed by atoms with Crippen LogP contribution in [0.15, 0.2) is 41.3 Å². The molecule has 0 atom stereocenters. The number of benzene rings is 1. The number of allylic oxidation sites excluding steroid dienone is 1. The van der Waals surface area contributed by atoms with Crippen molar-refractivity contribution in [2.24, 2.45) is 0 Å². The van der Waals surface area contributed by atoms with Gasteiger partial charge >= 0.3 is 0 Å². The van der Waals surface area contributed by atoms with Gasteiger partial charge in [0.2, 0.25) is 0 Å². The standard InChI is InChI=1S/C19H14Cl2N2O2/c1-25-16-6-3-9-23-18(16)22-17-11(7-8-12(17)19(23)24)10-13-14(20)4-2-5-15(13)21/h2-6,9-10H,7-8H2,1H3. The minimum atomic E-state index is -0.0624. The summed E-state index contributed by atoms with van der Waals surface area (Å²) in [7, 11) is 1.56. The van der Waals surface area contributed by atoms with Crippen LogP contribution >= 0.6 is 23.2 Å². The monoisotopic (exact) mass is 372 g/mol. The van der Waals surface area contributed by atoms with E-state index in [9.17, 15) is 4.79 Å². The van der Waals surface area contributed by atoms with Crippen molar-refractivity contribution in [1.82, 2.24) is 9.38 Å². The van der Waals surface area contributed by atoms with Crippen molar-refractivity contribution in [3.63, 3.8) is 0 Å². The molecule has 25 heavy (non-hydrogen) atoms. The Balaban J connectivity index is 1.97. The Morgan fingerprint density at radius 1 is 1.16 bits per heavy atom. The molecule has 2 heterocycles. The van der Waals surface area contributed by atoms with E-state index in [2.05, 4.69) is 0 Å². The topological polar surface area (TPSA) is 43.6 Å². The summed E-state index contributed by atoms with van der Waals surface area (Å²) in [5.41, 5.74) is 3.55. The molecule has 2 aromatic heterocycles. The Kier molecular flexibility index (Phi) is 4.02. The largest absolute Gasteiger partial charge is 0.493 e. The number of fused-ring (bicyclic) bond motifs is 2. The number of hydrogen-bond donors (Lipinski definition) is 0. The maximum Gasteiger partial charge on any atom is 0.261 e. The van der Waals surface area contributed by atoms with Crippen LogP contribution in [0.2, 0.25) is 10.0 Å². The summed E-state index contributed by atoms with van der Waals surface area (Å²) in [6, 6.07) is 8.95. The summed E-state index contributed by atoms with van der Waals surface area (Å²) in [6.07, 6.45) is 5.00. The number of nitrogens with zero attached hydrogens (tertiary/aromatic N) is 2. The van der Waals surface area contributed by atoms with E-state index in [1.54, 1.807) is 43.6 Å². The Morgan fingerprint density at radius 3 is 2.64 bits per heavy atom. The first-order valence-corrected chi connectivity index (χ1v) is 8.59. The highest BCUT2D eigenvalue weighted by molar-refractivity contribution is 6.37. The highest BCUT2D eigenvalue weighted by Crippen LogP contribution is 2.35. The molecule has 3 aromatic rings. The molecule has 0 aliphatic heterocycles. The van der Waals surface area contributed by atoms with Gasteiger partial charge < -0.3 is 4.74 Å². The van der Waals surface area contributed by atoms with Crippen LogP contribution in [0.1, 0.15) is 23.2 Å². The van der Waals surface area contributed by atoms with E-state index >= 15 is 0 Å². The lowest BCUT2D eigenvalue weighted by Crippen LogP contribution is -2.20. The van der Waals surface area contributed by atoms with E-state index in [1.807, 2.05) is 6.08 Å². The molecule has 0 radical (unpaired) electrons. The molecule has 0 spiro atoms. The molecule has 0 bridgehead atoms. The fraction of sp³-hybridized carbons (Fsp3) is 0.158. The van der Waals surface area contributed by atoms with Crippen molar-refractivity contribution in [1.29, 1.82) is 0 Å². The average Bonchev–Trinajstić information content (AvgIpc) is 3.01. The maximum atomic E-state index is 12.8. The van der Waals surface area contributed by atoms with Gasteiger partial charge in [-0.15, -0.1) is 0 Å². The third-order valence-corrected chi connectivity index (χ3v) is 5.06. The van der Waals surface area contributed by atoms with Crippen LogP contribution < -0.4 is 10.3 Å². The van der Waals surface area contributed by atoms with Crippen molar-refractivity contribution in [3.05, 3.63) is 73.7 Å². The minimum Gasteiger partial charge on any atom is -0.493 e. The van der Waals surface area contributed by atoms with Crippen LogP contribution in [0.25, 0.3) is 17.3 Å². The van der Waals surface area contributed by atoms with Gasteiger partial charge in [0.25, 0.3) is 5.56 Å². The number of rotatable bonds is 2.